The molecular formula is C16H26N2O. The van der Waals surface area contributed by atoms with Gasteiger partial charge in [0.15, 0.2) is 0 Å². The lowest BCUT2D eigenvalue weighted by molar-refractivity contribution is 0.106. The van der Waals surface area contributed by atoms with Gasteiger partial charge in [-0.05, 0) is 30.5 Å². The molecule has 3 heteroatoms. The fourth-order valence-electron chi connectivity index (χ4n) is 2.66. The van der Waals surface area contributed by atoms with Gasteiger partial charge in [-0.2, -0.15) is 0 Å². The zero-order valence-electron chi connectivity index (χ0n) is 12.1. The van der Waals surface area contributed by atoms with Gasteiger partial charge >= 0.3 is 0 Å². The maximum Gasteiger partial charge on any atom is 0.0791 e. The third kappa shape index (κ3) is 4.60. The normalized spacial score (nSPS) is 18.1. The summed E-state index contributed by atoms with van der Waals surface area (Å²) in [6, 6.07) is 9.11. The number of β-amino-alcohol motifs (C(OH)–C–C–N with tert-alkyl or cyclic N) is 1. The molecule has 0 saturated heterocycles. The van der Waals surface area contributed by atoms with Crippen LogP contribution in [0.15, 0.2) is 24.3 Å². The quantitative estimate of drug-likeness (QED) is 0.849. The Balaban J connectivity index is 1.88. The first-order valence-electron chi connectivity index (χ1n) is 7.35. The van der Waals surface area contributed by atoms with Gasteiger partial charge in [0, 0.05) is 25.7 Å². The van der Waals surface area contributed by atoms with Crippen LogP contribution in [0.4, 0.5) is 0 Å². The molecule has 1 aromatic rings. The van der Waals surface area contributed by atoms with Crippen LogP contribution in [0.2, 0.25) is 0 Å². The van der Waals surface area contributed by atoms with Crippen molar-refractivity contribution in [1.82, 2.24) is 10.2 Å². The standard InChI is InChI=1S/C16H26N2O/c1-13(2)17-10-16(19)12-18-9-5-8-14-6-3-4-7-15(14)11-18/h3-4,6-7,13,16-17,19H,5,8-12H2,1-2H3. The summed E-state index contributed by atoms with van der Waals surface area (Å²) in [4.78, 5) is 2.37. The number of nitrogens with zero attached hydrogens (tertiary/aromatic N) is 1. The Kier molecular flexibility index (Phi) is 5.37. The zero-order valence-corrected chi connectivity index (χ0v) is 12.1. The minimum absolute atomic E-state index is 0.285. The SMILES string of the molecule is CC(C)NCC(O)CN1CCCc2ccccc2C1. The van der Waals surface area contributed by atoms with Crippen molar-refractivity contribution in [2.45, 2.75) is 45.4 Å². The Morgan fingerprint density at radius 3 is 2.74 bits per heavy atom. The molecule has 106 valence electrons. The number of aliphatic hydroxyl groups excluding tert-OH is 1. The number of nitrogens with one attached hydrogen (secondary N) is 1. The zero-order chi connectivity index (χ0) is 13.7. The molecule has 1 aliphatic rings. The predicted octanol–water partition coefficient (Wildman–Crippen LogP) is 1.79. The van der Waals surface area contributed by atoms with E-state index in [2.05, 4.69) is 48.3 Å². The second-order valence-corrected chi connectivity index (χ2v) is 5.82. The van der Waals surface area contributed by atoms with E-state index in [9.17, 15) is 5.11 Å². The van der Waals surface area contributed by atoms with Crippen LogP contribution >= 0.6 is 0 Å². The van der Waals surface area contributed by atoms with Crippen LogP contribution in [-0.4, -0.2) is 41.8 Å². The molecule has 0 radical (unpaired) electrons. The number of aryl methyl sites for hydroxylation is 1. The van der Waals surface area contributed by atoms with Gasteiger partial charge in [0.1, 0.15) is 0 Å². The van der Waals surface area contributed by atoms with E-state index in [0.29, 0.717) is 12.6 Å². The van der Waals surface area contributed by atoms with Crippen molar-refractivity contribution in [3.05, 3.63) is 35.4 Å². The summed E-state index contributed by atoms with van der Waals surface area (Å²) in [6.45, 7) is 7.69. The summed E-state index contributed by atoms with van der Waals surface area (Å²) in [5.41, 5.74) is 2.89. The molecule has 2 N–H and O–H groups in total. The molecule has 0 saturated carbocycles. The number of hydrogen-bond acceptors (Lipinski definition) is 3. The third-order valence-electron chi connectivity index (χ3n) is 3.66. The lowest BCUT2D eigenvalue weighted by atomic mass is 10.0. The van der Waals surface area contributed by atoms with Gasteiger partial charge in [-0.15, -0.1) is 0 Å². The molecule has 1 atom stereocenters. The van der Waals surface area contributed by atoms with Gasteiger partial charge in [-0.3, -0.25) is 4.90 Å². The average molecular weight is 262 g/mol. The lowest BCUT2D eigenvalue weighted by Gasteiger charge is -2.24. The molecule has 1 aromatic carbocycles. The number of rotatable bonds is 5. The Hall–Kier alpha value is -0.900. The Labute approximate surface area is 116 Å². The number of benzene rings is 1. The second kappa shape index (κ2) is 7.04. The van der Waals surface area contributed by atoms with Crippen LogP contribution in [-0.2, 0) is 13.0 Å². The van der Waals surface area contributed by atoms with Gasteiger partial charge in [-0.25, -0.2) is 0 Å². The van der Waals surface area contributed by atoms with E-state index in [4.69, 9.17) is 0 Å². The number of hydrogen-bond donors (Lipinski definition) is 2. The monoisotopic (exact) mass is 262 g/mol. The van der Waals surface area contributed by atoms with Crippen molar-refractivity contribution >= 4 is 0 Å². The minimum atomic E-state index is -0.285. The summed E-state index contributed by atoms with van der Waals surface area (Å²) in [5, 5.41) is 13.4. The summed E-state index contributed by atoms with van der Waals surface area (Å²) in [6.07, 6.45) is 2.06. The molecule has 0 aliphatic carbocycles. The van der Waals surface area contributed by atoms with Crippen LogP contribution in [0.25, 0.3) is 0 Å². The van der Waals surface area contributed by atoms with E-state index < -0.39 is 0 Å². The molecule has 3 nitrogen and oxygen atoms in total. The van der Waals surface area contributed by atoms with Crippen LogP contribution in [0.5, 0.6) is 0 Å². The van der Waals surface area contributed by atoms with Crippen LogP contribution in [0, 0.1) is 0 Å². The predicted molar refractivity (Wildman–Crippen MR) is 79.2 cm³/mol. The van der Waals surface area contributed by atoms with Gasteiger partial charge in [0.2, 0.25) is 0 Å². The van der Waals surface area contributed by atoms with Crippen molar-refractivity contribution in [3.8, 4) is 0 Å². The highest BCUT2D eigenvalue weighted by atomic mass is 16.3. The molecule has 1 aliphatic heterocycles. The number of aliphatic hydroxyl groups is 1. The maximum atomic E-state index is 10.1. The van der Waals surface area contributed by atoms with E-state index in [-0.39, 0.29) is 6.10 Å². The fraction of sp³-hybridized carbons (Fsp3) is 0.625. The van der Waals surface area contributed by atoms with E-state index in [1.54, 1.807) is 0 Å². The van der Waals surface area contributed by atoms with Crippen molar-refractivity contribution < 1.29 is 5.11 Å². The topological polar surface area (TPSA) is 35.5 Å². The first-order valence-corrected chi connectivity index (χ1v) is 7.35. The number of fused-ring (bicyclic) bond motifs is 1. The van der Waals surface area contributed by atoms with E-state index in [0.717, 1.165) is 26.1 Å². The van der Waals surface area contributed by atoms with Gasteiger partial charge in [0.05, 0.1) is 6.10 Å². The maximum absolute atomic E-state index is 10.1. The van der Waals surface area contributed by atoms with Gasteiger partial charge in [-0.1, -0.05) is 38.1 Å². The van der Waals surface area contributed by atoms with E-state index in [1.165, 1.54) is 17.5 Å². The molecule has 0 fully saturated rings. The average Bonchev–Trinajstić information content (AvgIpc) is 2.58. The van der Waals surface area contributed by atoms with Crippen LogP contribution in [0.3, 0.4) is 0 Å². The van der Waals surface area contributed by atoms with Crippen molar-refractivity contribution in [3.63, 3.8) is 0 Å². The van der Waals surface area contributed by atoms with Crippen LogP contribution < -0.4 is 5.32 Å². The highest BCUT2D eigenvalue weighted by Gasteiger charge is 2.16. The third-order valence-corrected chi connectivity index (χ3v) is 3.66. The lowest BCUT2D eigenvalue weighted by Crippen LogP contribution is -2.40. The molecule has 0 amide bonds. The minimum Gasteiger partial charge on any atom is -0.390 e. The molecule has 19 heavy (non-hydrogen) atoms. The Bertz CT molecular complexity index is 392. The summed E-state index contributed by atoms with van der Waals surface area (Å²) in [5.74, 6) is 0. The molecule has 0 aromatic heterocycles. The van der Waals surface area contributed by atoms with Crippen molar-refractivity contribution in [2.75, 3.05) is 19.6 Å². The molecule has 1 unspecified atom stereocenters. The molecule has 1 heterocycles. The highest BCUT2D eigenvalue weighted by molar-refractivity contribution is 5.28. The first-order chi connectivity index (χ1) is 9.15. The van der Waals surface area contributed by atoms with E-state index >= 15 is 0 Å². The highest BCUT2D eigenvalue weighted by Crippen LogP contribution is 2.18. The summed E-state index contributed by atoms with van der Waals surface area (Å²) >= 11 is 0. The van der Waals surface area contributed by atoms with Gasteiger partial charge < -0.3 is 10.4 Å². The van der Waals surface area contributed by atoms with Crippen molar-refractivity contribution in [2.24, 2.45) is 0 Å². The largest absolute Gasteiger partial charge is 0.390 e. The van der Waals surface area contributed by atoms with Gasteiger partial charge in [0.25, 0.3) is 0 Å². The van der Waals surface area contributed by atoms with Crippen LogP contribution in [0.1, 0.15) is 31.4 Å². The summed E-state index contributed by atoms with van der Waals surface area (Å²) < 4.78 is 0. The second-order valence-electron chi connectivity index (χ2n) is 5.82. The van der Waals surface area contributed by atoms with Crippen molar-refractivity contribution in [1.29, 1.82) is 0 Å². The first kappa shape index (κ1) is 14.5. The summed E-state index contributed by atoms with van der Waals surface area (Å²) in [7, 11) is 0. The fourth-order valence-corrected chi connectivity index (χ4v) is 2.66. The van der Waals surface area contributed by atoms with E-state index in [1.807, 2.05) is 0 Å². The molecular weight excluding hydrogens is 236 g/mol. The Morgan fingerprint density at radius 2 is 2.00 bits per heavy atom. The molecule has 2 rings (SSSR count). The smallest absolute Gasteiger partial charge is 0.0791 e. The molecule has 0 spiro atoms. The Morgan fingerprint density at radius 1 is 1.26 bits per heavy atom. The molecule has 0 bridgehead atoms.